The molecule has 0 aliphatic rings. The second kappa shape index (κ2) is 9.08. The number of aromatic nitrogens is 1. The topological polar surface area (TPSA) is 52.2 Å². The molecule has 0 aliphatic heterocycles. The number of nitrogens with one attached hydrogen (secondary N) is 3. The van der Waals surface area contributed by atoms with E-state index in [0.29, 0.717) is 5.92 Å². The van der Waals surface area contributed by atoms with Crippen LogP contribution in [0, 0.1) is 0 Å². The number of para-hydroxylation sites is 1. The summed E-state index contributed by atoms with van der Waals surface area (Å²) in [5, 5.41) is 10.1. The zero-order valence-corrected chi connectivity index (χ0v) is 17.0. The molecular weight excluding hydrogens is 431 g/mol. The van der Waals surface area contributed by atoms with Crippen molar-refractivity contribution in [1.82, 2.24) is 15.6 Å². The Morgan fingerprint density at radius 3 is 2.75 bits per heavy atom. The maximum Gasteiger partial charge on any atom is 0.191 e. The molecule has 0 saturated heterocycles. The Hall–Kier alpha value is -1.54. The lowest BCUT2D eigenvalue weighted by molar-refractivity contribution is 0.706. The van der Waals surface area contributed by atoms with Crippen molar-refractivity contribution in [2.45, 2.75) is 19.4 Å². The molecule has 24 heavy (non-hydrogen) atoms. The van der Waals surface area contributed by atoms with E-state index >= 15 is 0 Å². The predicted molar refractivity (Wildman–Crippen MR) is 115 cm³/mol. The summed E-state index contributed by atoms with van der Waals surface area (Å²) in [6.07, 6.45) is 0. The molecule has 1 aromatic carbocycles. The number of halogens is 1. The van der Waals surface area contributed by atoms with Crippen LogP contribution in [0.5, 0.6) is 0 Å². The third-order valence-corrected chi connectivity index (χ3v) is 4.96. The highest BCUT2D eigenvalue weighted by molar-refractivity contribution is 14.0. The van der Waals surface area contributed by atoms with Crippen LogP contribution in [0.4, 0.5) is 0 Å². The number of hydrogen-bond acceptors (Lipinski definition) is 2. The van der Waals surface area contributed by atoms with E-state index < -0.39 is 0 Å². The maximum atomic E-state index is 4.29. The number of H-pyrrole nitrogens is 1. The first-order valence-corrected chi connectivity index (χ1v) is 8.69. The maximum absolute atomic E-state index is 4.29. The monoisotopic (exact) mass is 454 g/mol. The average molecular weight is 454 g/mol. The number of fused-ring (bicyclic) bond motifs is 1. The Kier molecular flexibility index (Phi) is 7.11. The molecule has 0 saturated carbocycles. The van der Waals surface area contributed by atoms with Crippen LogP contribution in [0.3, 0.4) is 0 Å². The smallest absolute Gasteiger partial charge is 0.191 e. The first-order chi connectivity index (χ1) is 11.3. The van der Waals surface area contributed by atoms with Gasteiger partial charge in [-0.2, -0.15) is 0 Å². The minimum absolute atomic E-state index is 0. The van der Waals surface area contributed by atoms with Gasteiger partial charge in [-0.3, -0.25) is 4.99 Å². The van der Waals surface area contributed by atoms with Gasteiger partial charge in [0, 0.05) is 35.6 Å². The molecule has 128 valence electrons. The van der Waals surface area contributed by atoms with E-state index in [9.17, 15) is 0 Å². The summed E-state index contributed by atoms with van der Waals surface area (Å²) in [6, 6.07) is 14.8. The lowest BCUT2D eigenvalue weighted by Gasteiger charge is -2.14. The quantitative estimate of drug-likeness (QED) is 0.306. The van der Waals surface area contributed by atoms with Crippen LogP contribution >= 0.6 is 35.3 Å². The predicted octanol–water partition coefficient (Wildman–Crippen LogP) is 4.32. The fraction of sp³-hybridized carbons (Fsp3) is 0.278. The molecule has 2 aromatic heterocycles. The van der Waals surface area contributed by atoms with E-state index in [4.69, 9.17) is 0 Å². The first kappa shape index (κ1) is 18.8. The van der Waals surface area contributed by atoms with Crippen LogP contribution in [0.15, 0.2) is 52.8 Å². The minimum atomic E-state index is 0. The molecule has 4 nitrogen and oxygen atoms in total. The number of aliphatic imine (C=N–C) groups is 1. The third-order valence-electron chi connectivity index (χ3n) is 3.86. The molecular formula is C18H23IN4S. The number of aromatic amines is 1. The van der Waals surface area contributed by atoms with Gasteiger partial charge in [-0.05, 0) is 29.0 Å². The molecule has 1 unspecified atom stereocenters. The van der Waals surface area contributed by atoms with Crippen molar-refractivity contribution in [2.24, 2.45) is 4.99 Å². The lowest BCUT2D eigenvalue weighted by Crippen LogP contribution is -2.38. The van der Waals surface area contributed by atoms with Gasteiger partial charge in [0.1, 0.15) is 0 Å². The molecule has 0 radical (unpaired) electrons. The zero-order chi connectivity index (χ0) is 16.1. The van der Waals surface area contributed by atoms with Crippen LogP contribution in [-0.4, -0.2) is 24.5 Å². The number of nitrogens with zero attached hydrogens (tertiary/aromatic N) is 1. The Morgan fingerprint density at radius 2 is 2.04 bits per heavy atom. The molecule has 6 heteroatoms. The van der Waals surface area contributed by atoms with Gasteiger partial charge in [-0.15, -0.1) is 35.3 Å². The van der Waals surface area contributed by atoms with E-state index in [-0.39, 0.29) is 24.0 Å². The number of benzene rings is 1. The Morgan fingerprint density at radius 1 is 1.21 bits per heavy atom. The summed E-state index contributed by atoms with van der Waals surface area (Å²) >= 11 is 1.80. The molecule has 1 atom stereocenters. The molecule has 3 N–H and O–H groups in total. The average Bonchev–Trinajstić information content (AvgIpc) is 3.24. The van der Waals surface area contributed by atoms with Crippen LogP contribution in [-0.2, 0) is 6.54 Å². The van der Waals surface area contributed by atoms with Gasteiger partial charge >= 0.3 is 0 Å². The second-order valence-corrected chi connectivity index (χ2v) is 6.58. The van der Waals surface area contributed by atoms with Crippen molar-refractivity contribution in [3.8, 4) is 0 Å². The van der Waals surface area contributed by atoms with Gasteiger partial charge < -0.3 is 15.6 Å². The fourth-order valence-corrected chi connectivity index (χ4v) is 3.34. The van der Waals surface area contributed by atoms with Crippen LogP contribution in [0.2, 0.25) is 0 Å². The molecule has 2 heterocycles. The van der Waals surface area contributed by atoms with E-state index in [2.05, 4.69) is 69.3 Å². The van der Waals surface area contributed by atoms with Crippen LogP contribution < -0.4 is 10.6 Å². The lowest BCUT2D eigenvalue weighted by atomic mass is 10.1. The number of thiophene rings is 1. The van der Waals surface area contributed by atoms with Gasteiger partial charge in [0.25, 0.3) is 0 Å². The van der Waals surface area contributed by atoms with Gasteiger partial charge in [0.15, 0.2) is 5.96 Å². The summed E-state index contributed by atoms with van der Waals surface area (Å²) in [5.74, 6) is 1.30. The van der Waals surface area contributed by atoms with Crippen molar-refractivity contribution in [3.63, 3.8) is 0 Å². The minimum Gasteiger partial charge on any atom is -0.357 e. The molecule has 0 fully saturated rings. The summed E-state index contributed by atoms with van der Waals surface area (Å²) in [7, 11) is 1.80. The third kappa shape index (κ3) is 4.73. The molecule has 3 rings (SSSR count). The van der Waals surface area contributed by atoms with Gasteiger partial charge in [-0.25, -0.2) is 0 Å². The van der Waals surface area contributed by atoms with Crippen molar-refractivity contribution >= 4 is 52.2 Å². The molecule has 0 amide bonds. The van der Waals surface area contributed by atoms with Crippen molar-refractivity contribution in [3.05, 3.63) is 58.4 Å². The second-order valence-electron chi connectivity index (χ2n) is 5.60. The molecule has 0 aliphatic carbocycles. The molecule has 3 aromatic rings. The summed E-state index contributed by atoms with van der Waals surface area (Å²) < 4.78 is 0. The SMILES string of the molecule is CN=C(NCc1cc2ccccc2[nH]1)NCC(C)c1cccs1.I. The van der Waals surface area contributed by atoms with Crippen molar-refractivity contribution in [2.75, 3.05) is 13.6 Å². The Bertz CT molecular complexity index is 746. The number of rotatable bonds is 5. The van der Waals surface area contributed by atoms with Crippen LogP contribution in [0.25, 0.3) is 10.9 Å². The van der Waals surface area contributed by atoms with Gasteiger partial charge in [0.05, 0.1) is 6.54 Å². The van der Waals surface area contributed by atoms with E-state index in [1.54, 1.807) is 18.4 Å². The van der Waals surface area contributed by atoms with E-state index in [1.807, 2.05) is 6.07 Å². The van der Waals surface area contributed by atoms with Gasteiger partial charge in [0.2, 0.25) is 0 Å². The Balaban J connectivity index is 0.00000208. The van der Waals surface area contributed by atoms with E-state index in [1.165, 1.54) is 15.8 Å². The highest BCUT2D eigenvalue weighted by atomic mass is 127. The fourth-order valence-electron chi connectivity index (χ4n) is 2.55. The standard InChI is InChI=1S/C18H22N4S.HI/c1-13(17-8-5-9-23-17)11-20-18(19-2)21-12-15-10-14-6-3-4-7-16(14)22-15;/h3-10,13,22H,11-12H2,1-2H3,(H2,19,20,21);1H. The first-order valence-electron chi connectivity index (χ1n) is 7.81. The number of hydrogen-bond donors (Lipinski definition) is 3. The van der Waals surface area contributed by atoms with Gasteiger partial charge in [-0.1, -0.05) is 31.2 Å². The zero-order valence-electron chi connectivity index (χ0n) is 13.9. The normalized spacial score (nSPS) is 12.7. The summed E-state index contributed by atoms with van der Waals surface area (Å²) in [6.45, 7) is 3.82. The number of guanidine groups is 1. The van der Waals surface area contributed by atoms with E-state index in [0.717, 1.165) is 24.7 Å². The van der Waals surface area contributed by atoms with Crippen LogP contribution in [0.1, 0.15) is 23.4 Å². The highest BCUT2D eigenvalue weighted by Crippen LogP contribution is 2.19. The molecule has 0 bridgehead atoms. The molecule has 0 spiro atoms. The summed E-state index contributed by atoms with van der Waals surface area (Å²) in [4.78, 5) is 9.11. The van der Waals surface area contributed by atoms with Crippen molar-refractivity contribution in [1.29, 1.82) is 0 Å². The van der Waals surface area contributed by atoms with Crippen molar-refractivity contribution < 1.29 is 0 Å². The largest absolute Gasteiger partial charge is 0.357 e. The summed E-state index contributed by atoms with van der Waals surface area (Å²) in [5.41, 5.74) is 2.32. The highest BCUT2D eigenvalue weighted by Gasteiger charge is 2.08. The Labute approximate surface area is 163 Å².